The molecule has 0 aromatic heterocycles. The van der Waals surface area contributed by atoms with Crippen LogP contribution in [0.2, 0.25) is 0 Å². The molecule has 1 aromatic carbocycles. The molecule has 0 aliphatic carbocycles. The fourth-order valence-electron chi connectivity index (χ4n) is 1.06. The maximum Gasteiger partial charge on any atom is 0.225 e. The zero-order valence-electron chi connectivity index (χ0n) is 7.69. The van der Waals surface area contributed by atoms with Gasteiger partial charge in [-0.3, -0.25) is 9.59 Å². The average molecular weight is 192 g/mol. The minimum atomic E-state index is -0.179. The highest BCUT2D eigenvalue weighted by Gasteiger charge is 2.04. The summed E-state index contributed by atoms with van der Waals surface area (Å²) in [7, 11) is 0. The minimum Gasteiger partial charge on any atom is -0.330 e. The number of anilines is 1. The fraction of sp³-hybridized carbons (Fsp3) is 0.200. The van der Waals surface area contributed by atoms with Gasteiger partial charge in [0.15, 0.2) is 6.29 Å². The molecule has 0 fully saturated rings. The van der Waals surface area contributed by atoms with Crippen molar-refractivity contribution < 1.29 is 9.59 Å². The highest BCUT2D eigenvalue weighted by Crippen LogP contribution is 2.12. The first-order valence-corrected chi connectivity index (χ1v) is 4.32. The number of aldehydes is 1. The van der Waals surface area contributed by atoms with Crippen molar-refractivity contribution in [3.05, 3.63) is 29.8 Å². The number of carbonyl (C=O) groups excluding carboxylic acids is 2. The van der Waals surface area contributed by atoms with E-state index in [1.54, 1.807) is 24.3 Å². The van der Waals surface area contributed by atoms with Gasteiger partial charge in [-0.25, -0.2) is 0 Å². The quantitative estimate of drug-likeness (QED) is 0.692. The Hall–Kier alpha value is -1.68. The Morgan fingerprint density at radius 2 is 2.14 bits per heavy atom. The van der Waals surface area contributed by atoms with Gasteiger partial charge in [0.25, 0.3) is 0 Å². The first-order chi connectivity index (χ1) is 6.77. The Bertz CT molecular complexity index is 337. The summed E-state index contributed by atoms with van der Waals surface area (Å²) >= 11 is 0. The number of hydrogen-bond acceptors (Lipinski definition) is 3. The molecule has 0 saturated carbocycles. The van der Waals surface area contributed by atoms with Crippen LogP contribution in [0, 0.1) is 0 Å². The van der Waals surface area contributed by atoms with Gasteiger partial charge in [0, 0.05) is 18.5 Å². The van der Waals surface area contributed by atoms with Gasteiger partial charge in [-0.2, -0.15) is 0 Å². The van der Waals surface area contributed by atoms with Gasteiger partial charge in [0.1, 0.15) is 0 Å². The lowest BCUT2D eigenvalue weighted by Gasteiger charge is -2.05. The molecule has 3 N–H and O–H groups in total. The number of nitrogens with two attached hydrogens (primary N) is 1. The highest BCUT2D eigenvalue weighted by atomic mass is 16.1. The second-order valence-electron chi connectivity index (χ2n) is 2.79. The molecule has 4 nitrogen and oxygen atoms in total. The summed E-state index contributed by atoms with van der Waals surface area (Å²) in [4.78, 5) is 21.8. The molecule has 1 aromatic rings. The Morgan fingerprint density at radius 1 is 1.43 bits per heavy atom. The van der Waals surface area contributed by atoms with Crippen LogP contribution in [-0.2, 0) is 4.79 Å². The van der Waals surface area contributed by atoms with Crippen LogP contribution >= 0.6 is 0 Å². The molecule has 0 saturated heterocycles. The molecule has 0 aliphatic heterocycles. The molecule has 1 amide bonds. The zero-order chi connectivity index (χ0) is 10.4. The summed E-state index contributed by atoms with van der Waals surface area (Å²) in [5.74, 6) is -0.179. The van der Waals surface area contributed by atoms with E-state index in [2.05, 4.69) is 5.32 Å². The smallest absolute Gasteiger partial charge is 0.225 e. The van der Waals surface area contributed by atoms with E-state index < -0.39 is 0 Å². The molecule has 1 rings (SSSR count). The molecular formula is C10H12N2O2. The second kappa shape index (κ2) is 5.14. The van der Waals surface area contributed by atoms with Crippen LogP contribution in [0.3, 0.4) is 0 Å². The Labute approximate surface area is 82.1 Å². The standard InChI is InChI=1S/C10H12N2O2/c11-6-5-10(14)12-9-4-2-1-3-8(9)7-13/h1-4,7H,5-6,11H2,(H,12,14). The van der Waals surface area contributed by atoms with Crippen LogP contribution in [-0.4, -0.2) is 18.7 Å². The Morgan fingerprint density at radius 3 is 2.79 bits per heavy atom. The lowest BCUT2D eigenvalue weighted by molar-refractivity contribution is -0.116. The Balaban J connectivity index is 2.75. The molecule has 0 atom stereocenters. The number of nitrogens with one attached hydrogen (secondary N) is 1. The van der Waals surface area contributed by atoms with Gasteiger partial charge >= 0.3 is 0 Å². The highest BCUT2D eigenvalue weighted by molar-refractivity contribution is 5.96. The van der Waals surface area contributed by atoms with E-state index in [0.29, 0.717) is 24.1 Å². The summed E-state index contributed by atoms with van der Waals surface area (Å²) in [5, 5.41) is 2.61. The van der Waals surface area contributed by atoms with E-state index in [1.165, 1.54) is 0 Å². The number of hydrogen-bond donors (Lipinski definition) is 2. The molecule has 0 aliphatic rings. The van der Waals surface area contributed by atoms with Crippen LogP contribution < -0.4 is 11.1 Å². The van der Waals surface area contributed by atoms with Crippen LogP contribution in [0.1, 0.15) is 16.8 Å². The van der Waals surface area contributed by atoms with Gasteiger partial charge < -0.3 is 11.1 Å². The summed E-state index contributed by atoms with van der Waals surface area (Å²) in [5.41, 5.74) is 6.22. The van der Waals surface area contributed by atoms with Crippen molar-refractivity contribution in [1.29, 1.82) is 0 Å². The molecule has 0 heterocycles. The third kappa shape index (κ3) is 2.67. The number of amides is 1. The van der Waals surface area contributed by atoms with E-state index in [1.807, 2.05) is 0 Å². The lowest BCUT2D eigenvalue weighted by atomic mass is 10.2. The normalized spacial score (nSPS) is 9.50. The SMILES string of the molecule is NCCC(=O)Nc1ccccc1C=O. The molecule has 0 unspecified atom stereocenters. The van der Waals surface area contributed by atoms with E-state index in [9.17, 15) is 9.59 Å². The summed E-state index contributed by atoms with van der Waals surface area (Å²) < 4.78 is 0. The second-order valence-corrected chi connectivity index (χ2v) is 2.79. The lowest BCUT2D eigenvalue weighted by Crippen LogP contribution is -2.16. The van der Waals surface area contributed by atoms with Crippen LogP contribution in [0.25, 0.3) is 0 Å². The molecule has 14 heavy (non-hydrogen) atoms. The van der Waals surface area contributed by atoms with Crippen LogP contribution in [0.5, 0.6) is 0 Å². The van der Waals surface area contributed by atoms with Crippen molar-refractivity contribution in [3.63, 3.8) is 0 Å². The first-order valence-electron chi connectivity index (χ1n) is 4.32. The third-order valence-corrected chi connectivity index (χ3v) is 1.73. The van der Waals surface area contributed by atoms with Gasteiger partial charge in [-0.15, -0.1) is 0 Å². The number of rotatable bonds is 4. The fourth-order valence-corrected chi connectivity index (χ4v) is 1.06. The van der Waals surface area contributed by atoms with E-state index in [4.69, 9.17) is 5.73 Å². The van der Waals surface area contributed by atoms with Gasteiger partial charge in [0.2, 0.25) is 5.91 Å². The maximum atomic E-state index is 11.2. The molecule has 0 spiro atoms. The zero-order valence-corrected chi connectivity index (χ0v) is 7.69. The van der Waals surface area contributed by atoms with Crippen molar-refractivity contribution in [2.75, 3.05) is 11.9 Å². The van der Waals surface area contributed by atoms with Crippen molar-refractivity contribution in [1.82, 2.24) is 0 Å². The molecule has 74 valence electrons. The topological polar surface area (TPSA) is 72.2 Å². The maximum absolute atomic E-state index is 11.2. The van der Waals surface area contributed by atoms with E-state index in [-0.39, 0.29) is 12.3 Å². The predicted octanol–water partition coefficient (Wildman–Crippen LogP) is 0.786. The molecule has 0 bridgehead atoms. The number of carbonyl (C=O) groups is 2. The van der Waals surface area contributed by atoms with Crippen LogP contribution in [0.15, 0.2) is 24.3 Å². The largest absolute Gasteiger partial charge is 0.330 e. The van der Waals surface area contributed by atoms with Crippen molar-refractivity contribution in [2.24, 2.45) is 5.73 Å². The van der Waals surface area contributed by atoms with E-state index in [0.717, 1.165) is 0 Å². The first kappa shape index (κ1) is 10.4. The Kier molecular flexibility index (Phi) is 3.82. The summed E-state index contributed by atoms with van der Waals surface area (Å²) in [6, 6.07) is 6.82. The van der Waals surface area contributed by atoms with Crippen molar-refractivity contribution in [3.8, 4) is 0 Å². The predicted molar refractivity (Wildman–Crippen MR) is 54.1 cm³/mol. The van der Waals surface area contributed by atoms with Gasteiger partial charge in [-0.1, -0.05) is 12.1 Å². The van der Waals surface area contributed by atoms with Crippen molar-refractivity contribution >= 4 is 17.9 Å². The third-order valence-electron chi connectivity index (χ3n) is 1.73. The monoisotopic (exact) mass is 192 g/mol. The van der Waals surface area contributed by atoms with Gasteiger partial charge in [-0.05, 0) is 12.1 Å². The number of benzene rings is 1. The minimum absolute atomic E-state index is 0.179. The summed E-state index contributed by atoms with van der Waals surface area (Å²) in [6.45, 7) is 0.301. The molecule has 4 heteroatoms. The van der Waals surface area contributed by atoms with Gasteiger partial charge in [0.05, 0.1) is 5.69 Å². The van der Waals surface area contributed by atoms with Crippen molar-refractivity contribution in [2.45, 2.75) is 6.42 Å². The summed E-state index contributed by atoms with van der Waals surface area (Å²) in [6.07, 6.45) is 0.964. The number of para-hydroxylation sites is 1. The van der Waals surface area contributed by atoms with E-state index >= 15 is 0 Å². The van der Waals surface area contributed by atoms with Crippen LogP contribution in [0.4, 0.5) is 5.69 Å². The average Bonchev–Trinajstić information content (AvgIpc) is 2.19. The molecule has 0 radical (unpaired) electrons. The molecular weight excluding hydrogens is 180 g/mol.